The van der Waals surface area contributed by atoms with Crippen LogP contribution in [0.5, 0.6) is 11.5 Å². The molecule has 4 nitrogen and oxygen atoms in total. The van der Waals surface area contributed by atoms with Crippen molar-refractivity contribution in [1.29, 1.82) is 0 Å². The molecule has 0 N–H and O–H groups in total. The summed E-state index contributed by atoms with van der Waals surface area (Å²) in [5, 5.41) is 0. The van der Waals surface area contributed by atoms with Crippen LogP contribution < -0.4 is 9.47 Å². The van der Waals surface area contributed by atoms with Gasteiger partial charge in [0.15, 0.2) is 11.5 Å². The van der Waals surface area contributed by atoms with Crippen molar-refractivity contribution in [3.05, 3.63) is 28.7 Å². The molecule has 0 spiro atoms. The average molecular weight is 351 g/mol. The molecule has 1 aromatic rings. The lowest BCUT2D eigenvalue weighted by Gasteiger charge is -2.12. The van der Waals surface area contributed by atoms with Crippen LogP contribution in [0.4, 0.5) is 0 Å². The summed E-state index contributed by atoms with van der Waals surface area (Å²) in [6.45, 7) is 4.98. The van der Waals surface area contributed by atoms with E-state index in [4.69, 9.17) is 21.7 Å². The fourth-order valence-corrected chi connectivity index (χ4v) is 3.17. The molecule has 1 heterocycles. The molecule has 2 rings (SSSR count). The van der Waals surface area contributed by atoms with E-state index in [0.29, 0.717) is 33.2 Å². The van der Waals surface area contributed by atoms with Crippen molar-refractivity contribution in [2.24, 2.45) is 5.92 Å². The van der Waals surface area contributed by atoms with Gasteiger partial charge >= 0.3 is 0 Å². The van der Waals surface area contributed by atoms with Gasteiger partial charge < -0.3 is 9.47 Å². The first kappa shape index (κ1) is 17.8. The van der Waals surface area contributed by atoms with Crippen molar-refractivity contribution in [1.82, 2.24) is 4.90 Å². The summed E-state index contributed by atoms with van der Waals surface area (Å²) in [5.41, 5.74) is 0.881. The zero-order chi connectivity index (χ0) is 17.0. The third-order valence-electron chi connectivity index (χ3n) is 3.42. The molecule has 1 aliphatic rings. The maximum absolute atomic E-state index is 12.0. The van der Waals surface area contributed by atoms with Crippen LogP contribution in [-0.2, 0) is 4.79 Å². The number of rotatable bonds is 6. The predicted molar refractivity (Wildman–Crippen MR) is 98.9 cm³/mol. The van der Waals surface area contributed by atoms with E-state index in [1.165, 1.54) is 16.7 Å². The van der Waals surface area contributed by atoms with Crippen LogP contribution in [0.3, 0.4) is 0 Å². The number of thiocarbonyl (C=S) groups is 1. The zero-order valence-electron chi connectivity index (χ0n) is 13.8. The van der Waals surface area contributed by atoms with Gasteiger partial charge in [0.2, 0.25) is 0 Å². The lowest BCUT2D eigenvalue weighted by molar-refractivity contribution is -0.121. The van der Waals surface area contributed by atoms with Crippen LogP contribution in [0.15, 0.2) is 23.1 Å². The number of benzene rings is 1. The van der Waals surface area contributed by atoms with Gasteiger partial charge in [0.05, 0.1) is 18.6 Å². The molecule has 1 saturated heterocycles. The van der Waals surface area contributed by atoms with Crippen LogP contribution in [0.1, 0.15) is 25.8 Å². The highest BCUT2D eigenvalue weighted by Gasteiger charge is 2.28. The summed E-state index contributed by atoms with van der Waals surface area (Å²) in [5.74, 6) is 1.90. The van der Waals surface area contributed by atoms with E-state index >= 15 is 0 Å². The van der Waals surface area contributed by atoms with E-state index in [1.807, 2.05) is 24.3 Å². The van der Waals surface area contributed by atoms with Gasteiger partial charge in [-0.2, -0.15) is 0 Å². The molecule has 0 saturated carbocycles. The normalized spacial score (nSPS) is 16.6. The van der Waals surface area contributed by atoms with E-state index in [1.54, 1.807) is 14.2 Å². The molecular weight excluding hydrogens is 330 g/mol. The molecule has 0 aliphatic carbocycles. The Labute approximate surface area is 146 Å². The second-order valence-electron chi connectivity index (χ2n) is 5.68. The largest absolute Gasteiger partial charge is 0.493 e. The number of methoxy groups -OCH3 is 1. The Morgan fingerprint density at radius 3 is 2.65 bits per heavy atom. The van der Waals surface area contributed by atoms with Gasteiger partial charge in [-0.05, 0) is 36.1 Å². The number of hydrogen-bond donors (Lipinski definition) is 0. The van der Waals surface area contributed by atoms with Crippen molar-refractivity contribution in [3.8, 4) is 11.5 Å². The number of ether oxygens (including phenoxy) is 2. The lowest BCUT2D eigenvalue weighted by atomic mass is 10.1. The minimum atomic E-state index is -0.0729. The number of carbonyl (C=O) groups excluding carboxylic acids is 1. The number of amides is 1. The summed E-state index contributed by atoms with van der Waals surface area (Å²) in [6.07, 6.45) is 2.81. The monoisotopic (exact) mass is 351 g/mol. The first-order valence-corrected chi connectivity index (χ1v) is 8.67. The van der Waals surface area contributed by atoms with E-state index in [0.717, 1.165) is 12.0 Å². The number of carbonyl (C=O) groups is 1. The van der Waals surface area contributed by atoms with E-state index in [2.05, 4.69) is 13.8 Å². The highest BCUT2D eigenvalue weighted by atomic mass is 32.2. The molecule has 0 radical (unpaired) electrons. The highest BCUT2D eigenvalue weighted by Crippen LogP contribution is 2.34. The van der Waals surface area contributed by atoms with Gasteiger partial charge in [-0.3, -0.25) is 9.69 Å². The third kappa shape index (κ3) is 4.48. The summed E-state index contributed by atoms with van der Waals surface area (Å²) in [4.78, 5) is 14.1. The van der Waals surface area contributed by atoms with Crippen molar-refractivity contribution in [2.45, 2.75) is 20.3 Å². The molecule has 124 valence electrons. The van der Waals surface area contributed by atoms with Gasteiger partial charge in [-0.15, -0.1) is 0 Å². The Morgan fingerprint density at radius 2 is 2.09 bits per heavy atom. The molecule has 1 amide bonds. The molecule has 0 aromatic heterocycles. The molecule has 1 aromatic carbocycles. The lowest BCUT2D eigenvalue weighted by Crippen LogP contribution is -2.22. The summed E-state index contributed by atoms with van der Waals surface area (Å²) < 4.78 is 11.7. The van der Waals surface area contributed by atoms with Crippen molar-refractivity contribution in [2.75, 3.05) is 20.8 Å². The maximum atomic E-state index is 12.0. The number of hydrogen-bond acceptors (Lipinski definition) is 5. The van der Waals surface area contributed by atoms with Crippen LogP contribution in [0.2, 0.25) is 0 Å². The second-order valence-corrected chi connectivity index (χ2v) is 7.36. The fraction of sp³-hybridized carbons (Fsp3) is 0.412. The van der Waals surface area contributed by atoms with Gasteiger partial charge in [0.25, 0.3) is 5.91 Å². The summed E-state index contributed by atoms with van der Waals surface area (Å²) >= 11 is 6.44. The SMILES string of the molecule is COc1cc(/C=C2/SC(=S)N(C)C2=O)ccc1OCCC(C)C. The number of thioether (sulfide) groups is 1. The van der Waals surface area contributed by atoms with E-state index < -0.39 is 0 Å². The molecule has 0 atom stereocenters. The average Bonchev–Trinajstić information content (AvgIpc) is 2.75. The first-order chi connectivity index (χ1) is 10.9. The van der Waals surface area contributed by atoms with Crippen molar-refractivity contribution < 1.29 is 14.3 Å². The predicted octanol–water partition coefficient (Wildman–Crippen LogP) is 3.95. The standard InChI is InChI=1S/C17H21NO3S2/c1-11(2)7-8-21-13-6-5-12(9-14(13)20-4)10-15-16(19)18(3)17(22)23-15/h5-6,9-11H,7-8H2,1-4H3/b15-10+. The smallest absolute Gasteiger partial charge is 0.265 e. The van der Waals surface area contributed by atoms with E-state index in [9.17, 15) is 4.79 Å². The first-order valence-electron chi connectivity index (χ1n) is 7.44. The highest BCUT2D eigenvalue weighted by molar-refractivity contribution is 8.26. The Hall–Kier alpha value is -1.53. The topological polar surface area (TPSA) is 38.8 Å². The Morgan fingerprint density at radius 1 is 1.35 bits per heavy atom. The molecule has 23 heavy (non-hydrogen) atoms. The van der Waals surface area contributed by atoms with Gasteiger partial charge in [0, 0.05) is 7.05 Å². The van der Waals surface area contributed by atoms with Crippen LogP contribution in [0, 0.1) is 5.92 Å². The number of nitrogens with zero attached hydrogens (tertiary/aromatic N) is 1. The third-order valence-corrected chi connectivity index (χ3v) is 4.91. The zero-order valence-corrected chi connectivity index (χ0v) is 15.4. The van der Waals surface area contributed by atoms with E-state index in [-0.39, 0.29) is 5.91 Å². The summed E-state index contributed by atoms with van der Waals surface area (Å²) in [6, 6.07) is 5.65. The molecule has 6 heteroatoms. The second kappa shape index (κ2) is 7.84. The molecule has 0 unspecified atom stereocenters. The molecule has 0 bridgehead atoms. The Bertz CT molecular complexity index is 641. The van der Waals surface area contributed by atoms with Crippen molar-refractivity contribution in [3.63, 3.8) is 0 Å². The quantitative estimate of drug-likeness (QED) is 0.573. The Balaban J connectivity index is 2.16. The van der Waals surface area contributed by atoms with Crippen LogP contribution >= 0.6 is 24.0 Å². The minimum Gasteiger partial charge on any atom is -0.493 e. The summed E-state index contributed by atoms with van der Waals surface area (Å²) in [7, 11) is 3.30. The minimum absolute atomic E-state index is 0.0729. The molecular formula is C17H21NO3S2. The fourth-order valence-electron chi connectivity index (χ4n) is 1.99. The van der Waals surface area contributed by atoms with Crippen LogP contribution in [0.25, 0.3) is 6.08 Å². The van der Waals surface area contributed by atoms with Gasteiger partial charge in [-0.25, -0.2) is 0 Å². The number of likely N-dealkylation sites (N-methyl/N-ethyl adjacent to an activating group) is 1. The maximum Gasteiger partial charge on any atom is 0.265 e. The Kier molecular flexibility index (Phi) is 6.07. The van der Waals surface area contributed by atoms with Crippen molar-refractivity contribution >= 4 is 40.3 Å². The molecule has 1 aliphatic heterocycles. The van der Waals surface area contributed by atoms with Crippen LogP contribution in [-0.4, -0.2) is 35.9 Å². The van der Waals surface area contributed by atoms with Gasteiger partial charge in [0.1, 0.15) is 4.32 Å². The molecule has 1 fully saturated rings. The van der Waals surface area contributed by atoms with Gasteiger partial charge in [-0.1, -0.05) is 43.9 Å².